The van der Waals surface area contributed by atoms with E-state index in [4.69, 9.17) is 21.6 Å². The van der Waals surface area contributed by atoms with Gasteiger partial charge in [0.2, 0.25) is 0 Å². The monoisotopic (exact) mass is 302 g/mol. The SMILES string of the molecule is CC(C)NC(=O)/C(C#N)=C/C1=Cc2cc(Cl)ccc2OC1. The molecule has 4 nitrogen and oxygen atoms in total. The molecule has 0 saturated carbocycles. The standard InChI is InChI=1S/C16H15ClN2O2/c1-10(2)19-16(20)13(8-18)6-11-5-12-7-14(17)3-4-15(12)21-9-11/h3-7,10H,9H2,1-2H3,(H,19,20)/b13-6+. The third-order valence-electron chi connectivity index (χ3n) is 2.82. The van der Waals surface area contributed by atoms with Crippen molar-refractivity contribution in [2.75, 3.05) is 6.61 Å². The fourth-order valence-corrected chi connectivity index (χ4v) is 2.10. The number of rotatable bonds is 3. The van der Waals surface area contributed by atoms with Crippen molar-refractivity contribution in [3.63, 3.8) is 0 Å². The second-order valence-electron chi connectivity index (χ2n) is 4.99. The molecule has 0 radical (unpaired) electrons. The lowest BCUT2D eigenvalue weighted by Gasteiger charge is -2.16. The number of nitriles is 1. The van der Waals surface area contributed by atoms with Gasteiger partial charge in [0.05, 0.1) is 0 Å². The molecule has 0 bridgehead atoms. The van der Waals surface area contributed by atoms with E-state index in [2.05, 4.69) is 5.32 Å². The Hall–Kier alpha value is -2.25. The average molecular weight is 303 g/mol. The van der Waals surface area contributed by atoms with Gasteiger partial charge >= 0.3 is 0 Å². The minimum absolute atomic E-state index is 0.0228. The first-order valence-electron chi connectivity index (χ1n) is 6.55. The van der Waals surface area contributed by atoms with Gasteiger partial charge in [-0.25, -0.2) is 0 Å². The van der Waals surface area contributed by atoms with Crippen LogP contribution in [0.15, 0.2) is 35.4 Å². The zero-order valence-corrected chi connectivity index (χ0v) is 12.6. The van der Waals surface area contributed by atoms with E-state index in [1.807, 2.05) is 26.0 Å². The van der Waals surface area contributed by atoms with Crippen molar-refractivity contribution in [3.05, 3.63) is 46.0 Å². The Balaban J connectivity index is 2.28. The van der Waals surface area contributed by atoms with Crippen molar-refractivity contribution in [1.29, 1.82) is 5.26 Å². The highest BCUT2D eigenvalue weighted by Gasteiger charge is 2.14. The average Bonchev–Trinajstić information content (AvgIpc) is 2.43. The van der Waals surface area contributed by atoms with Gasteiger partial charge in [0.25, 0.3) is 5.91 Å². The summed E-state index contributed by atoms with van der Waals surface area (Å²) in [6, 6.07) is 7.23. The maximum absolute atomic E-state index is 11.9. The fourth-order valence-electron chi connectivity index (χ4n) is 1.92. The van der Waals surface area contributed by atoms with Gasteiger partial charge in [0.1, 0.15) is 24.0 Å². The number of amides is 1. The number of carbonyl (C=O) groups excluding carboxylic acids is 1. The molecule has 1 aromatic rings. The molecule has 2 rings (SSSR count). The Morgan fingerprint density at radius 1 is 1.52 bits per heavy atom. The van der Waals surface area contributed by atoms with E-state index in [1.54, 1.807) is 24.3 Å². The molecule has 0 aliphatic carbocycles. The highest BCUT2D eigenvalue weighted by Crippen LogP contribution is 2.29. The molecule has 108 valence electrons. The fraction of sp³-hybridized carbons (Fsp3) is 0.250. The molecule has 0 spiro atoms. The van der Waals surface area contributed by atoms with Crippen LogP contribution in [-0.2, 0) is 4.79 Å². The summed E-state index contributed by atoms with van der Waals surface area (Å²) in [6.45, 7) is 4.00. The lowest BCUT2D eigenvalue weighted by atomic mass is 10.0. The van der Waals surface area contributed by atoms with Crippen molar-refractivity contribution in [2.24, 2.45) is 0 Å². The number of nitrogens with one attached hydrogen (secondary N) is 1. The molecule has 0 aromatic heterocycles. The minimum Gasteiger partial charge on any atom is -0.488 e. The number of halogens is 1. The Bertz CT molecular complexity index is 669. The minimum atomic E-state index is -0.384. The van der Waals surface area contributed by atoms with Crippen molar-refractivity contribution >= 4 is 23.6 Å². The van der Waals surface area contributed by atoms with Gasteiger partial charge in [-0.2, -0.15) is 5.26 Å². The highest BCUT2D eigenvalue weighted by molar-refractivity contribution is 6.30. The van der Waals surface area contributed by atoms with Crippen LogP contribution in [0.3, 0.4) is 0 Å². The lowest BCUT2D eigenvalue weighted by molar-refractivity contribution is -0.117. The van der Waals surface area contributed by atoms with Crippen LogP contribution in [0.5, 0.6) is 5.75 Å². The van der Waals surface area contributed by atoms with Crippen LogP contribution in [0.1, 0.15) is 19.4 Å². The van der Waals surface area contributed by atoms with Crippen molar-refractivity contribution in [3.8, 4) is 11.8 Å². The van der Waals surface area contributed by atoms with Crippen LogP contribution in [0, 0.1) is 11.3 Å². The summed E-state index contributed by atoms with van der Waals surface area (Å²) in [6.07, 6.45) is 3.41. The Morgan fingerprint density at radius 2 is 2.29 bits per heavy atom. The van der Waals surface area contributed by atoms with Crippen molar-refractivity contribution < 1.29 is 9.53 Å². The second-order valence-corrected chi connectivity index (χ2v) is 5.42. The first-order chi connectivity index (χ1) is 9.99. The molecule has 0 unspecified atom stereocenters. The van der Waals surface area contributed by atoms with Gasteiger partial charge in [0, 0.05) is 16.6 Å². The van der Waals surface area contributed by atoms with Gasteiger partial charge in [0.15, 0.2) is 0 Å². The molecular weight excluding hydrogens is 288 g/mol. The van der Waals surface area contributed by atoms with E-state index >= 15 is 0 Å². The smallest absolute Gasteiger partial charge is 0.262 e. The topological polar surface area (TPSA) is 62.1 Å². The van der Waals surface area contributed by atoms with Crippen molar-refractivity contribution in [1.82, 2.24) is 5.32 Å². The van der Waals surface area contributed by atoms with Crippen molar-refractivity contribution in [2.45, 2.75) is 19.9 Å². The molecule has 0 fully saturated rings. The first kappa shape index (κ1) is 15.1. The molecule has 21 heavy (non-hydrogen) atoms. The molecule has 1 aliphatic rings. The Morgan fingerprint density at radius 3 is 2.95 bits per heavy atom. The van der Waals surface area contributed by atoms with Gasteiger partial charge < -0.3 is 10.1 Å². The number of ether oxygens (including phenoxy) is 1. The molecule has 0 saturated heterocycles. The van der Waals surface area contributed by atoms with E-state index in [0.29, 0.717) is 11.6 Å². The summed E-state index contributed by atoms with van der Waals surface area (Å²) in [5, 5.41) is 12.4. The van der Waals surface area contributed by atoms with Crippen LogP contribution >= 0.6 is 11.6 Å². The van der Waals surface area contributed by atoms with E-state index in [9.17, 15) is 4.79 Å². The zero-order chi connectivity index (χ0) is 15.4. The Labute approximate surface area is 128 Å². The third-order valence-corrected chi connectivity index (χ3v) is 3.06. The van der Waals surface area contributed by atoms with Crippen LogP contribution < -0.4 is 10.1 Å². The zero-order valence-electron chi connectivity index (χ0n) is 11.8. The quantitative estimate of drug-likeness (QED) is 0.689. The van der Waals surface area contributed by atoms with Crippen LogP contribution in [-0.4, -0.2) is 18.6 Å². The highest BCUT2D eigenvalue weighted by atomic mass is 35.5. The molecule has 1 aromatic carbocycles. The number of benzene rings is 1. The van der Waals surface area contributed by atoms with E-state index in [1.165, 1.54) is 0 Å². The van der Waals surface area contributed by atoms with Crippen LogP contribution in [0.2, 0.25) is 5.02 Å². The number of fused-ring (bicyclic) bond motifs is 1. The third kappa shape index (κ3) is 3.87. The number of carbonyl (C=O) groups is 1. The molecule has 0 atom stereocenters. The van der Waals surface area contributed by atoms with Gasteiger partial charge in [-0.05, 0) is 49.8 Å². The van der Waals surface area contributed by atoms with Gasteiger partial charge in [-0.15, -0.1) is 0 Å². The largest absolute Gasteiger partial charge is 0.488 e. The lowest BCUT2D eigenvalue weighted by Crippen LogP contribution is -2.31. The summed E-state index contributed by atoms with van der Waals surface area (Å²) < 4.78 is 5.58. The summed E-state index contributed by atoms with van der Waals surface area (Å²) in [7, 11) is 0. The summed E-state index contributed by atoms with van der Waals surface area (Å²) in [5.74, 6) is 0.354. The van der Waals surface area contributed by atoms with Crippen LogP contribution in [0.4, 0.5) is 0 Å². The maximum Gasteiger partial charge on any atom is 0.262 e. The van der Waals surface area contributed by atoms with Gasteiger partial charge in [-0.3, -0.25) is 4.79 Å². The van der Waals surface area contributed by atoms with E-state index in [0.717, 1.165) is 16.9 Å². The molecule has 1 N–H and O–H groups in total. The number of hydrogen-bond acceptors (Lipinski definition) is 3. The summed E-state index contributed by atoms with van der Waals surface area (Å²) in [5.41, 5.74) is 1.64. The maximum atomic E-state index is 11.9. The molecule has 1 aliphatic heterocycles. The van der Waals surface area contributed by atoms with Crippen LogP contribution in [0.25, 0.3) is 6.08 Å². The molecule has 1 heterocycles. The summed E-state index contributed by atoms with van der Waals surface area (Å²) in [4.78, 5) is 11.9. The second kappa shape index (κ2) is 6.47. The molecule has 5 heteroatoms. The summed E-state index contributed by atoms with van der Waals surface area (Å²) >= 11 is 5.95. The van der Waals surface area contributed by atoms with Gasteiger partial charge in [-0.1, -0.05) is 11.6 Å². The normalized spacial score (nSPS) is 13.9. The number of hydrogen-bond donors (Lipinski definition) is 1. The first-order valence-corrected chi connectivity index (χ1v) is 6.93. The molecular formula is C16H15ClN2O2. The Kier molecular flexibility index (Phi) is 4.66. The predicted molar refractivity (Wildman–Crippen MR) is 81.9 cm³/mol. The predicted octanol–water partition coefficient (Wildman–Crippen LogP) is 3.09. The number of nitrogens with zero attached hydrogens (tertiary/aromatic N) is 1. The van der Waals surface area contributed by atoms with E-state index in [-0.39, 0.29) is 17.5 Å². The van der Waals surface area contributed by atoms with E-state index < -0.39 is 0 Å². The molecule has 1 amide bonds.